The number of nitrogens with one attached hydrogen (secondary N) is 1. The van der Waals surface area contributed by atoms with Crippen LogP contribution in [0.5, 0.6) is 0 Å². The number of ether oxygens (including phenoxy) is 1. The van der Waals surface area contributed by atoms with Crippen LogP contribution in [0.4, 0.5) is 10.1 Å². The molecule has 0 aliphatic carbocycles. The van der Waals surface area contributed by atoms with Crippen LogP contribution in [0.15, 0.2) is 24.3 Å². The molecule has 2 rings (SSSR count). The van der Waals surface area contributed by atoms with Crippen molar-refractivity contribution in [1.29, 1.82) is 0 Å². The lowest BCUT2D eigenvalue weighted by Crippen LogP contribution is -2.29. The molecule has 1 saturated heterocycles. The molecule has 2 atom stereocenters. The molecule has 0 spiro atoms. The topological polar surface area (TPSA) is 55.4 Å². The Hall–Kier alpha value is -1.21. The first-order valence-electron chi connectivity index (χ1n) is 8.09. The molecule has 0 aromatic heterocycles. The van der Waals surface area contributed by atoms with Gasteiger partial charge in [-0.3, -0.25) is 9.59 Å². The maximum atomic E-state index is 13.1. The highest BCUT2D eigenvalue weighted by molar-refractivity contribution is 8.77. The van der Waals surface area contributed by atoms with Crippen LogP contribution in [0.3, 0.4) is 0 Å². The summed E-state index contributed by atoms with van der Waals surface area (Å²) in [7, 11) is 3.86. The zero-order chi connectivity index (χ0) is 17.4. The van der Waals surface area contributed by atoms with E-state index >= 15 is 0 Å². The zero-order valence-corrected chi connectivity index (χ0v) is 15.3. The summed E-state index contributed by atoms with van der Waals surface area (Å²) in [6, 6.07) is 5.59. The van der Waals surface area contributed by atoms with Crippen molar-refractivity contribution >= 4 is 39.2 Å². The number of rotatable bonds is 8. The summed E-state index contributed by atoms with van der Waals surface area (Å²) in [5, 5.41) is 3.24. The second kappa shape index (κ2) is 9.93. The van der Waals surface area contributed by atoms with E-state index in [0.717, 1.165) is 19.3 Å². The van der Waals surface area contributed by atoms with E-state index in [2.05, 4.69) is 5.32 Å². The van der Waals surface area contributed by atoms with Crippen LogP contribution in [0.1, 0.15) is 39.0 Å². The second-order valence-electron chi connectivity index (χ2n) is 5.71. The van der Waals surface area contributed by atoms with Crippen LogP contribution in [0, 0.1) is 5.82 Å². The van der Waals surface area contributed by atoms with Crippen molar-refractivity contribution in [3.63, 3.8) is 0 Å². The fourth-order valence-electron chi connectivity index (χ4n) is 2.33. The molecule has 7 heteroatoms. The van der Waals surface area contributed by atoms with Gasteiger partial charge in [-0.1, -0.05) is 34.1 Å². The molecule has 1 aliphatic heterocycles. The van der Waals surface area contributed by atoms with Gasteiger partial charge < -0.3 is 10.1 Å². The Morgan fingerprint density at radius 1 is 1.42 bits per heavy atom. The molecule has 24 heavy (non-hydrogen) atoms. The van der Waals surface area contributed by atoms with Crippen LogP contribution < -0.4 is 5.32 Å². The number of carbonyl (C=O) groups is 2. The summed E-state index contributed by atoms with van der Waals surface area (Å²) in [5.74, 6) is -0.0510. The van der Waals surface area contributed by atoms with Gasteiger partial charge in [-0.15, -0.1) is 0 Å². The molecule has 1 N–H and O–H groups in total. The predicted molar refractivity (Wildman–Crippen MR) is 97.5 cm³/mol. The number of halogens is 1. The number of anilines is 1. The van der Waals surface area contributed by atoms with Gasteiger partial charge in [0.2, 0.25) is 0 Å². The first kappa shape index (κ1) is 19.1. The number of amides is 1. The Labute approximate surface area is 149 Å². The third kappa shape index (κ3) is 6.73. The molecule has 0 bridgehead atoms. The molecule has 1 aliphatic rings. The van der Waals surface area contributed by atoms with Crippen molar-refractivity contribution in [2.24, 2.45) is 0 Å². The molecular formula is C17H22FNO3S2. The summed E-state index contributed by atoms with van der Waals surface area (Å²) in [5.41, 5.74) is 0.342. The van der Waals surface area contributed by atoms with Gasteiger partial charge in [-0.25, -0.2) is 4.39 Å². The Morgan fingerprint density at radius 2 is 2.25 bits per heavy atom. The van der Waals surface area contributed by atoms with Gasteiger partial charge in [0.05, 0.1) is 0 Å². The minimum absolute atomic E-state index is 0.322. The first-order chi connectivity index (χ1) is 11.5. The normalized spacial score (nSPS) is 18.2. The molecule has 0 radical (unpaired) electrons. The molecular weight excluding hydrogens is 349 g/mol. The van der Waals surface area contributed by atoms with Crippen LogP contribution in [0.25, 0.3) is 0 Å². The van der Waals surface area contributed by atoms with Gasteiger partial charge in [-0.2, -0.15) is 0 Å². The van der Waals surface area contributed by atoms with E-state index in [9.17, 15) is 14.0 Å². The summed E-state index contributed by atoms with van der Waals surface area (Å²) in [6.45, 7) is 1.51. The Bertz CT molecular complexity index is 565. The maximum absolute atomic E-state index is 13.1. The standard InChI is InChI=1S/C17H22FNO3S2/c1-12(17(21)19-14-6-4-5-13(18)11-14)22-16(20)8-3-2-7-15-9-10-23-24-15/h4-6,11-12,15H,2-3,7-10H2,1H3,(H,19,21)/t12-,15+/m0/s1. The molecule has 1 aromatic carbocycles. The first-order valence-corrected chi connectivity index (χ1v) is 10.5. The van der Waals surface area contributed by atoms with E-state index in [1.807, 2.05) is 21.6 Å². The lowest BCUT2D eigenvalue weighted by atomic mass is 10.1. The van der Waals surface area contributed by atoms with E-state index in [0.29, 0.717) is 17.4 Å². The molecule has 1 fully saturated rings. The van der Waals surface area contributed by atoms with E-state index in [1.165, 1.54) is 37.3 Å². The predicted octanol–water partition coefficient (Wildman–Crippen LogP) is 4.41. The summed E-state index contributed by atoms with van der Waals surface area (Å²) < 4.78 is 18.2. The fourth-order valence-corrected chi connectivity index (χ4v) is 5.35. The SMILES string of the molecule is C[C@H](OC(=O)CCCC[C@@H]1CCSS1)C(=O)Nc1cccc(F)c1. The highest BCUT2D eigenvalue weighted by Crippen LogP contribution is 2.39. The summed E-state index contributed by atoms with van der Waals surface area (Å²) >= 11 is 0. The molecule has 0 unspecified atom stereocenters. The average molecular weight is 371 g/mol. The van der Waals surface area contributed by atoms with Crippen molar-refractivity contribution < 1.29 is 18.7 Å². The smallest absolute Gasteiger partial charge is 0.306 e. The lowest BCUT2D eigenvalue weighted by molar-refractivity contribution is -0.153. The van der Waals surface area contributed by atoms with E-state index in [4.69, 9.17) is 4.74 Å². The fraction of sp³-hybridized carbons (Fsp3) is 0.529. The van der Waals surface area contributed by atoms with Gasteiger partial charge in [0.15, 0.2) is 6.10 Å². The molecule has 0 saturated carbocycles. The van der Waals surface area contributed by atoms with Gasteiger partial charge in [0.25, 0.3) is 5.91 Å². The Morgan fingerprint density at radius 3 is 2.96 bits per heavy atom. The minimum Gasteiger partial charge on any atom is -0.453 e. The largest absolute Gasteiger partial charge is 0.453 e. The lowest BCUT2D eigenvalue weighted by Gasteiger charge is -2.14. The maximum Gasteiger partial charge on any atom is 0.306 e. The minimum atomic E-state index is -0.900. The molecule has 1 heterocycles. The highest BCUT2D eigenvalue weighted by atomic mass is 33.1. The second-order valence-corrected chi connectivity index (χ2v) is 8.49. The van der Waals surface area contributed by atoms with Crippen molar-refractivity contribution in [2.75, 3.05) is 11.1 Å². The zero-order valence-electron chi connectivity index (χ0n) is 13.6. The van der Waals surface area contributed by atoms with Crippen molar-refractivity contribution in [2.45, 2.75) is 50.4 Å². The van der Waals surface area contributed by atoms with Crippen molar-refractivity contribution in [1.82, 2.24) is 0 Å². The summed E-state index contributed by atoms with van der Waals surface area (Å²) in [4.78, 5) is 23.7. The average Bonchev–Trinajstić information content (AvgIpc) is 3.05. The molecule has 4 nitrogen and oxygen atoms in total. The van der Waals surface area contributed by atoms with Crippen molar-refractivity contribution in [3.05, 3.63) is 30.1 Å². The highest BCUT2D eigenvalue weighted by Gasteiger charge is 2.19. The Kier molecular flexibility index (Phi) is 7.91. The van der Waals surface area contributed by atoms with Gasteiger partial charge in [-0.05, 0) is 44.4 Å². The van der Waals surface area contributed by atoms with Crippen molar-refractivity contribution in [3.8, 4) is 0 Å². The number of unbranched alkanes of at least 4 members (excludes halogenated alkanes) is 1. The quantitative estimate of drug-likeness (QED) is 0.417. The van der Waals surface area contributed by atoms with Gasteiger partial charge >= 0.3 is 5.97 Å². The summed E-state index contributed by atoms with van der Waals surface area (Å²) in [6.07, 6.45) is 3.57. The number of hydrogen-bond donors (Lipinski definition) is 1. The molecule has 1 aromatic rings. The van der Waals surface area contributed by atoms with Crippen LogP contribution in [-0.2, 0) is 14.3 Å². The van der Waals surface area contributed by atoms with Crippen LogP contribution in [0.2, 0.25) is 0 Å². The third-order valence-electron chi connectivity index (χ3n) is 3.65. The molecule has 132 valence electrons. The number of esters is 1. The number of carbonyl (C=O) groups excluding carboxylic acids is 2. The van der Waals surface area contributed by atoms with Crippen LogP contribution >= 0.6 is 21.6 Å². The van der Waals surface area contributed by atoms with Gasteiger partial charge in [0, 0.05) is 23.1 Å². The molecule has 1 amide bonds. The number of benzene rings is 1. The number of hydrogen-bond acceptors (Lipinski definition) is 5. The van der Waals surface area contributed by atoms with Crippen LogP contribution in [-0.4, -0.2) is 29.0 Å². The van der Waals surface area contributed by atoms with E-state index < -0.39 is 17.8 Å². The van der Waals surface area contributed by atoms with E-state index in [-0.39, 0.29) is 5.97 Å². The Balaban J connectivity index is 1.63. The monoisotopic (exact) mass is 371 g/mol. The van der Waals surface area contributed by atoms with Gasteiger partial charge in [0.1, 0.15) is 5.82 Å². The van der Waals surface area contributed by atoms with E-state index in [1.54, 1.807) is 6.07 Å². The third-order valence-corrected chi connectivity index (χ3v) is 6.66.